The molecular formula is C23H25NO3. The fourth-order valence-electron chi connectivity index (χ4n) is 2.86. The summed E-state index contributed by atoms with van der Waals surface area (Å²) < 4.78 is 11.2. The van der Waals surface area contributed by atoms with E-state index < -0.39 is 6.10 Å². The van der Waals surface area contributed by atoms with Crippen molar-refractivity contribution in [3.05, 3.63) is 95.6 Å². The van der Waals surface area contributed by atoms with Crippen molar-refractivity contribution in [2.45, 2.75) is 19.3 Å². The Bertz CT molecular complexity index is 836. The quantitative estimate of drug-likeness (QED) is 0.601. The van der Waals surface area contributed by atoms with E-state index in [0.29, 0.717) is 19.7 Å². The number of rotatable bonds is 9. The Morgan fingerprint density at radius 1 is 0.926 bits per heavy atom. The number of methoxy groups -OCH3 is 1. The maximum absolute atomic E-state index is 10.5. The van der Waals surface area contributed by atoms with Gasteiger partial charge in [-0.2, -0.15) is 0 Å². The molecule has 3 aromatic rings. The summed E-state index contributed by atoms with van der Waals surface area (Å²) in [5.74, 6) is 1.59. The second-order valence-corrected chi connectivity index (χ2v) is 6.31. The van der Waals surface area contributed by atoms with Gasteiger partial charge in [-0.05, 0) is 29.3 Å². The minimum absolute atomic E-state index is 0.445. The predicted molar refractivity (Wildman–Crippen MR) is 107 cm³/mol. The number of benzene rings is 3. The molecule has 0 heterocycles. The Kier molecular flexibility index (Phi) is 6.85. The molecule has 0 aliphatic rings. The molecule has 4 heteroatoms. The first-order valence-electron chi connectivity index (χ1n) is 9.03. The normalized spacial score (nSPS) is 11.8. The molecule has 3 rings (SSSR count). The zero-order chi connectivity index (χ0) is 18.9. The van der Waals surface area contributed by atoms with Crippen molar-refractivity contribution in [3.8, 4) is 11.5 Å². The van der Waals surface area contributed by atoms with Crippen molar-refractivity contribution in [3.63, 3.8) is 0 Å². The molecule has 0 fully saturated rings. The van der Waals surface area contributed by atoms with Crippen molar-refractivity contribution in [2.24, 2.45) is 0 Å². The van der Waals surface area contributed by atoms with E-state index in [1.54, 1.807) is 7.11 Å². The summed E-state index contributed by atoms with van der Waals surface area (Å²) in [7, 11) is 1.66. The smallest absolute Gasteiger partial charge is 0.123 e. The Labute approximate surface area is 160 Å². The Hall–Kier alpha value is -2.82. The number of nitrogens with one attached hydrogen (secondary N) is 1. The van der Waals surface area contributed by atoms with Crippen LogP contribution < -0.4 is 14.8 Å². The van der Waals surface area contributed by atoms with Crippen molar-refractivity contribution in [2.75, 3.05) is 13.7 Å². The molecule has 0 aliphatic carbocycles. The van der Waals surface area contributed by atoms with Crippen LogP contribution in [0.5, 0.6) is 11.5 Å². The lowest BCUT2D eigenvalue weighted by molar-refractivity contribution is 0.173. The third kappa shape index (κ3) is 5.58. The third-order valence-corrected chi connectivity index (χ3v) is 4.34. The molecule has 1 unspecified atom stereocenters. The fourth-order valence-corrected chi connectivity index (χ4v) is 2.86. The maximum atomic E-state index is 10.5. The van der Waals surface area contributed by atoms with E-state index in [2.05, 4.69) is 5.32 Å². The van der Waals surface area contributed by atoms with E-state index in [9.17, 15) is 5.11 Å². The van der Waals surface area contributed by atoms with Gasteiger partial charge in [-0.3, -0.25) is 0 Å². The van der Waals surface area contributed by atoms with Crippen LogP contribution in [0.2, 0.25) is 0 Å². The highest BCUT2D eigenvalue weighted by Gasteiger charge is 2.09. The van der Waals surface area contributed by atoms with Crippen LogP contribution in [0.4, 0.5) is 0 Å². The van der Waals surface area contributed by atoms with E-state index in [-0.39, 0.29) is 0 Å². The molecular weight excluding hydrogens is 338 g/mol. The molecule has 0 saturated heterocycles. The standard InChI is InChI=1S/C23H25NO3/c1-26-23-13-6-5-10-20(23)15-24-16-22(25)19-11-7-12-21(14-19)27-17-18-8-3-2-4-9-18/h2-14,22,24-25H,15-17H2,1H3. The zero-order valence-corrected chi connectivity index (χ0v) is 15.5. The van der Waals surface area contributed by atoms with Crippen LogP contribution in [0.15, 0.2) is 78.9 Å². The van der Waals surface area contributed by atoms with Gasteiger partial charge < -0.3 is 19.9 Å². The summed E-state index contributed by atoms with van der Waals surface area (Å²) in [5.41, 5.74) is 3.00. The number of aliphatic hydroxyl groups is 1. The van der Waals surface area contributed by atoms with E-state index >= 15 is 0 Å². The summed E-state index contributed by atoms with van der Waals surface area (Å²) in [5, 5.41) is 13.8. The molecule has 0 amide bonds. The summed E-state index contributed by atoms with van der Waals surface area (Å²) >= 11 is 0. The molecule has 27 heavy (non-hydrogen) atoms. The summed E-state index contributed by atoms with van der Waals surface area (Å²) in [4.78, 5) is 0. The van der Waals surface area contributed by atoms with Gasteiger partial charge in [-0.25, -0.2) is 0 Å². The van der Waals surface area contributed by atoms with Crippen LogP contribution in [0.1, 0.15) is 22.8 Å². The van der Waals surface area contributed by atoms with Crippen LogP contribution in [0.25, 0.3) is 0 Å². The molecule has 1 atom stereocenters. The Balaban J connectivity index is 1.53. The highest BCUT2D eigenvalue weighted by molar-refractivity contribution is 5.33. The molecule has 0 spiro atoms. The molecule has 140 valence electrons. The van der Waals surface area contributed by atoms with Gasteiger partial charge in [0.15, 0.2) is 0 Å². The van der Waals surface area contributed by atoms with Gasteiger partial charge in [0.05, 0.1) is 13.2 Å². The van der Waals surface area contributed by atoms with Crippen molar-refractivity contribution in [1.29, 1.82) is 0 Å². The van der Waals surface area contributed by atoms with Gasteiger partial charge in [0.2, 0.25) is 0 Å². The molecule has 0 saturated carbocycles. The van der Waals surface area contributed by atoms with E-state index in [1.807, 2.05) is 78.9 Å². The molecule has 0 radical (unpaired) electrons. The third-order valence-electron chi connectivity index (χ3n) is 4.34. The fraction of sp³-hybridized carbons (Fsp3) is 0.217. The van der Waals surface area contributed by atoms with E-state index in [0.717, 1.165) is 28.2 Å². The number of ether oxygens (including phenoxy) is 2. The first-order valence-corrected chi connectivity index (χ1v) is 9.03. The Morgan fingerprint density at radius 3 is 2.52 bits per heavy atom. The predicted octanol–water partition coefficient (Wildman–Crippen LogP) is 4.10. The maximum Gasteiger partial charge on any atom is 0.123 e. The van der Waals surface area contributed by atoms with Crippen molar-refractivity contribution >= 4 is 0 Å². The molecule has 0 bridgehead atoms. The topological polar surface area (TPSA) is 50.7 Å². The lowest BCUT2D eigenvalue weighted by Gasteiger charge is -2.15. The van der Waals surface area contributed by atoms with Crippen LogP contribution in [-0.4, -0.2) is 18.8 Å². The van der Waals surface area contributed by atoms with E-state index in [4.69, 9.17) is 9.47 Å². The molecule has 2 N–H and O–H groups in total. The number of hydrogen-bond acceptors (Lipinski definition) is 4. The van der Waals surface area contributed by atoms with Gasteiger partial charge >= 0.3 is 0 Å². The van der Waals surface area contributed by atoms with Crippen LogP contribution in [0, 0.1) is 0 Å². The monoisotopic (exact) mass is 363 g/mol. The van der Waals surface area contributed by atoms with Gasteiger partial charge in [-0.1, -0.05) is 60.7 Å². The van der Waals surface area contributed by atoms with E-state index in [1.165, 1.54) is 0 Å². The van der Waals surface area contributed by atoms with Gasteiger partial charge in [-0.15, -0.1) is 0 Å². The second-order valence-electron chi connectivity index (χ2n) is 6.31. The molecule has 4 nitrogen and oxygen atoms in total. The SMILES string of the molecule is COc1ccccc1CNCC(O)c1cccc(OCc2ccccc2)c1. The number of aliphatic hydroxyl groups excluding tert-OH is 1. The van der Waals surface area contributed by atoms with Gasteiger partial charge in [0.25, 0.3) is 0 Å². The highest BCUT2D eigenvalue weighted by atomic mass is 16.5. The lowest BCUT2D eigenvalue weighted by Crippen LogP contribution is -2.21. The van der Waals surface area contributed by atoms with Crippen molar-refractivity contribution in [1.82, 2.24) is 5.32 Å². The second kappa shape index (κ2) is 9.76. The van der Waals surface area contributed by atoms with Crippen LogP contribution in [-0.2, 0) is 13.2 Å². The lowest BCUT2D eigenvalue weighted by atomic mass is 10.1. The molecule has 0 aliphatic heterocycles. The first kappa shape index (κ1) is 19.0. The molecule has 3 aromatic carbocycles. The zero-order valence-electron chi connectivity index (χ0n) is 15.5. The van der Waals surface area contributed by atoms with Gasteiger partial charge in [0.1, 0.15) is 18.1 Å². The van der Waals surface area contributed by atoms with Crippen LogP contribution >= 0.6 is 0 Å². The van der Waals surface area contributed by atoms with Crippen molar-refractivity contribution < 1.29 is 14.6 Å². The molecule has 0 aromatic heterocycles. The van der Waals surface area contributed by atoms with Crippen LogP contribution in [0.3, 0.4) is 0 Å². The minimum Gasteiger partial charge on any atom is -0.496 e. The van der Waals surface area contributed by atoms with Gasteiger partial charge in [0, 0.05) is 18.7 Å². The Morgan fingerprint density at radius 2 is 1.70 bits per heavy atom. The minimum atomic E-state index is -0.611. The summed E-state index contributed by atoms with van der Waals surface area (Å²) in [6.45, 7) is 1.58. The largest absolute Gasteiger partial charge is 0.496 e. The highest BCUT2D eigenvalue weighted by Crippen LogP contribution is 2.21. The average molecular weight is 363 g/mol. The average Bonchev–Trinajstić information content (AvgIpc) is 2.73. The summed E-state index contributed by atoms with van der Waals surface area (Å²) in [6.07, 6.45) is -0.611. The number of hydrogen-bond donors (Lipinski definition) is 2. The number of para-hydroxylation sites is 1. The summed E-state index contributed by atoms with van der Waals surface area (Å²) in [6, 6.07) is 25.5. The first-order chi connectivity index (χ1) is 13.3.